The first kappa shape index (κ1) is 24.1. The third-order valence-corrected chi connectivity index (χ3v) is 8.47. The third-order valence-electron chi connectivity index (χ3n) is 5.53. The van der Waals surface area contributed by atoms with Gasteiger partial charge in [0.05, 0.1) is 27.4 Å². The van der Waals surface area contributed by atoms with Crippen LogP contribution in [0.3, 0.4) is 0 Å². The second kappa shape index (κ2) is 10.5. The molecule has 1 aromatic heterocycles. The van der Waals surface area contributed by atoms with Crippen LogP contribution in [0.1, 0.15) is 12.8 Å². The van der Waals surface area contributed by atoms with E-state index >= 15 is 0 Å². The Hall–Kier alpha value is -3.02. The fourth-order valence-electron chi connectivity index (χ4n) is 3.67. The van der Waals surface area contributed by atoms with E-state index in [1.165, 1.54) is 26.2 Å². The minimum atomic E-state index is -3.53. The van der Waals surface area contributed by atoms with Crippen LogP contribution in [0.15, 0.2) is 76.9 Å². The zero-order valence-electron chi connectivity index (χ0n) is 19.0. The summed E-state index contributed by atoms with van der Waals surface area (Å²) in [6.07, 6.45) is 6.57. The Labute approximate surface area is 202 Å². The lowest BCUT2D eigenvalue weighted by molar-refractivity contribution is 0.163. The zero-order chi connectivity index (χ0) is 24.1. The van der Waals surface area contributed by atoms with Crippen LogP contribution in [0, 0.1) is 0 Å². The van der Waals surface area contributed by atoms with Crippen molar-refractivity contribution >= 4 is 32.4 Å². The Morgan fingerprint density at radius 3 is 2.41 bits per heavy atom. The molecule has 1 aliphatic heterocycles. The molecular weight excluding hydrogens is 474 g/mol. The zero-order valence-corrected chi connectivity index (χ0v) is 20.6. The van der Waals surface area contributed by atoms with Crippen LogP contribution in [0.25, 0.3) is 0 Å². The second-order valence-corrected chi connectivity index (χ2v) is 11.4. The van der Waals surface area contributed by atoms with E-state index in [1.807, 2.05) is 24.3 Å². The molecule has 0 spiro atoms. The van der Waals surface area contributed by atoms with Crippen LogP contribution in [0.4, 0.5) is 11.4 Å². The Morgan fingerprint density at radius 1 is 1.06 bits per heavy atom. The van der Waals surface area contributed by atoms with Crippen LogP contribution in [0.2, 0.25) is 0 Å². The van der Waals surface area contributed by atoms with Crippen molar-refractivity contribution in [3.8, 4) is 5.88 Å². The van der Waals surface area contributed by atoms with Crippen LogP contribution < -0.4 is 14.4 Å². The topological polar surface area (TPSA) is 105 Å². The van der Waals surface area contributed by atoms with Gasteiger partial charge in [-0.2, -0.15) is 0 Å². The fraction of sp³-hybridized carbons (Fsp3) is 0.304. The SMILES string of the molecule is CN(C)S(=O)(=O)c1ccc(S(=O)Nc2ccccc2N2CCC(Oc3cnccn3)CC2)cc1. The van der Waals surface area contributed by atoms with Gasteiger partial charge in [-0.05, 0) is 36.4 Å². The Bertz CT molecular complexity index is 1230. The number of nitrogens with zero attached hydrogens (tertiary/aromatic N) is 4. The molecule has 1 unspecified atom stereocenters. The molecule has 0 bridgehead atoms. The number of para-hydroxylation sites is 2. The molecule has 34 heavy (non-hydrogen) atoms. The molecule has 1 aliphatic rings. The second-order valence-electron chi connectivity index (χ2n) is 7.99. The summed E-state index contributed by atoms with van der Waals surface area (Å²) in [5, 5.41) is 0. The van der Waals surface area contributed by atoms with Gasteiger partial charge in [0.25, 0.3) is 0 Å². The quantitative estimate of drug-likeness (QED) is 0.506. The maximum Gasteiger partial charge on any atom is 0.242 e. The van der Waals surface area contributed by atoms with Gasteiger partial charge in [0.15, 0.2) is 0 Å². The highest BCUT2D eigenvalue weighted by Crippen LogP contribution is 2.30. The lowest BCUT2D eigenvalue weighted by Crippen LogP contribution is -2.38. The number of benzene rings is 2. The molecule has 180 valence electrons. The van der Waals surface area contributed by atoms with Crippen molar-refractivity contribution in [2.24, 2.45) is 0 Å². The summed E-state index contributed by atoms with van der Waals surface area (Å²) in [4.78, 5) is 11.1. The lowest BCUT2D eigenvalue weighted by atomic mass is 10.1. The Morgan fingerprint density at radius 2 is 1.76 bits per heavy atom. The highest BCUT2D eigenvalue weighted by Gasteiger charge is 2.23. The van der Waals surface area contributed by atoms with E-state index in [0.717, 1.165) is 41.6 Å². The molecule has 1 N–H and O–H groups in total. The van der Waals surface area contributed by atoms with Crippen LogP contribution in [-0.2, 0) is 21.0 Å². The van der Waals surface area contributed by atoms with Crippen molar-refractivity contribution < 1.29 is 17.4 Å². The molecule has 2 aromatic carbocycles. The summed E-state index contributed by atoms with van der Waals surface area (Å²) in [5.41, 5.74) is 1.71. The summed E-state index contributed by atoms with van der Waals surface area (Å²) < 4.78 is 47.7. The Kier molecular flexibility index (Phi) is 7.44. The van der Waals surface area contributed by atoms with Crippen molar-refractivity contribution in [1.29, 1.82) is 0 Å². The summed E-state index contributed by atoms with van der Waals surface area (Å²) in [7, 11) is -2.13. The van der Waals surface area contributed by atoms with Gasteiger partial charge < -0.3 is 9.64 Å². The molecule has 0 amide bonds. The first-order valence-electron chi connectivity index (χ1n) is 10.8. The van der Waals surface area contributed by atoms with E-state index < -0.39 is 21.0 Å². The molecule has 0 saturated carbocycles. The summed E-state index contributed by atoms with van der Waals surface area (Å²) in [6, 6.07) is 13.8. The van der Waals surface area contributed by atoms with Crippen molar-refractivity contribution in [2.75, 3.05) is 36.8 Å². The number of aromatic nitrogens is 2. The van der Waals surface area contributed by atoms with E-state index in [9.17, 15) is 12.6 Å². The number of hydrogen-bond acceptors (Lipinski definition) is 7. The van der Waals surface area contributed by atoms with E-state index in [4.69, 9.17) is 4.74 Å². The van der Waals surface area contributed by atoms with E-state index in [1.54, 1.807) is 30.7 Å². The number of hydrogen-bond donors (Lipinski definition) is 1. The largest absolute Gasteiger partial charge is 0.473 e. The average Bonchev–Trinajstić information content (AvgIpc) is 2.85. The maximum atomic E-state index is 13.0. The third kappa shape index (κ3) is 5.54. The van der Waals surface area contributed by atoms with Gasteiger partial charge in [0.1, 0.15) is 17.1 Å². The van der Waals surface area contributed by atoms with Crippen molar-refractivity contribution in [3.63, 3.8) is 0 Å². The summed E-state index contributed by atoms with van der Waals surface area (Å²) in [5.74, 6) is 0.530. The minimum Gasteiger partial charge on any atom is -0.473 e. The number of ether oxygens (including phenoxy) is 1. The smallest absolute Gasteiger partial charge is 0.242 e. The number of sulfonamides is 1. The number of piperidine rings is 1. The standard InChI is InChI=1S/C23H27N5O4S2/c1-27(2)34(30,31)20-9-7-19(8-10-20)33(29)26-21-5-3-4-6-22(21)28-15-11-18(12-16-28)32-23-17-24-13-14-25-23/h3-10,13-14,17-18,26H,11-12,15-16H2,1-2H3. The molecule has 1 fully saturated rings. The highest BCUT2D eigenvalue weighted by atomic mass is 32.2. The normalized spacial score (nSPS) is 15.8. The van der Waals surface area contributed by atoms with Crippen LogP contribution >= 0.6 is 0 Å². The molecule has 0 radical (unpaired) electrons. The van der Waals surface area contributed by atoms with Crippen molar-refractivity contribution in [3.05, 3.63) is 67.1 Å². The molecule has 3 aromatic rings. The van der Waals surface area contributed by atoms with Crippen LogP contribution in [0.5, 0.6) is 5.88 Å². The van der Waals surface area contributed by atoms with Crippen LogP contribution in [-0.4, -0.2) is 60.2 Å². The summed E-state index contributed by atoms with van der Waals surface area (Å²) in [6.45, 7) is 1.57. The molecule has 1 saturated heterocycles. The van der Waals surface area contributed by atoms with Gasteiger partial charge >= 0.3 is 0 Å². The molecule has 0 aliphatic carbocycles. The molecule has 11 heteroatoms. The lowest BCUT2D eigenvalue weighted by Gasteiger charge is -2.34. The van der Waals surface area contributed by atoms with E-state index in [0.29, 0.717) is 10.8 Å². The highest BCUT2D eigenvalue weighted by molar-refractivity contribution is 7.89. The van der Waals surface area contributed by atoms with Gasteiger partial charge in [0, 0.05) is 52.4 Å². The molecule has 2 heterocycles. The number of anilines is 2. The average molecular weight is 502 g/mol. The number of rotatable bonds is 8. The molecular formula is C23H27N5O4S2. The molecule has 9 nitrogen and oxygen atoms in total. The van der Waals surface area contributed by atoms with Gasteiger partial charge in [0.2, 0.25) is 15.9 Å². The predicted octanol–water partition coefficient (Wildman–Crippen LogP) is 2.91. The number of nitrogens with one attached hydrogen (secondary N) is 1. The molecule has 4 rings (SSSR count). The van der Waals surface area contributed by atoms with E-state index in [2.05, 4.69) is 19.6 Å². The first-order valence-corrected chi connectivity index (χ1v) is 13.4. The van der Waals surface area contributed by atoms with Gasteiger partial charge in [-0.15, -0.1) is 0 Å². The summed E-state index contributed by atoms with van der Waals surface area (Å²) >= 11 is 0. The van der Waals surface area contributed by atoms with Gasteiger partial charge in [-0.3, -0.25) is 9.71 Å². The Balaban J connectivity index is 1.41. The predicted molar refractivity (Wildman–Crippen MR) is 132 cm³/mol. The van der Waals surface area contributed by atoms with Gasteiger partial charge in [-0.25, -0.2) is 21.9 Å². The monoisotopic (exact) mass is 501 g/mol. The van der Waals surface area contributed by atoms with Gasteiger partial charge in [-0.1, -0.05) is 12.1 Å². The van der Waals surface area contributed by atoms with Crippen molar-refractivity contribution in [2.45, 2.75) is 28.7 Å². The van der Waals surface area contributed by atoms with Crippen molar-refractivity contribution in [1.82, 2.24) is 14.3 Å². The fourth-order valence-corrected chi connectivity index (χ4v) is 5.45. The first-order chi connectivity index (χ1) is 16.3. The minimum absolute atomic E-state index is 0.0687. The van der Waals surface area contributed by atoms with E-state index in [-0.39, 0.29) is 11.0 Å². The maximum absolute atomic E-state index is 13.0. The molecule has 1 atom stereocenters.